The Morgan fingerprint density at radius 3 is 2.73 bits per heavy atom. The minimum absolute atomic E-state index is 0.00177. The van der Waals surface area contributed by atoms with Gasteiger partial charge in [-0.25, -0.2) is 0 Å². The maximum absolute atomic E-state index is 5.88. The van der Waals surface area contributed by atoms with Crippen LogP contribution in [0.5, 0.6) is 0 Å². The number of nitrogens with zero attached hydrogens (tertiary/aromatic N) is 3. The van der Waals surface area contributed by atoms with Gasteiger partial charge in [-0.3, -0.25) is 4.98 Å². The number of hydrogen-bond donors (Lipinski definition) is 1. The molecule has 1 atom stereocenters. The first kappa shape index (κ1) is 10.2. The van der Waals surface area contributed by atoms with E-state index < -0.39 is 0 Å². The fourth-order valence-corrected chi connectivity index (χ4v) is 2.10. The van der Waals surface area contributed by atoms with Gasteiger partial charge in [-0.15, -0.1) is 10.2 Å². The van der Waals surface area contributed by atoms with Gasteiger partial charge in [-0.1, -0.05) is 18.3 Å². The van der Waals surface area contributed by atoms with Crippen LogP contribution in [0.1, 0.15) is 24.4 Å². The van der Waals surface area contributed by atoms with Crippen molar-refractivity contribution in [3.05, 3.63) is 29.5 Å². The van der Waals surface area contributed by atoms with Crippen molar-refractivity contribution in [2.45, 2.75) is 19.4 Å². The van der Waals surface area contributed by atoms with E-state index in [1.807, 2.05) is 19.1 Å². The van der Waals surface area contributed by atoms with Crippen LogP contribution in [0.3, 0.4) is 0 Å². The second-order valence-electron chi connectivity index (χ2n) is 3.20. The number of pyridine rings is 1. The van der Waals surface area contributed by atoms with E-state index in [1.165, 1.54) is 0 Å². The molecule has 0 fully saturated rings. The molecule has 78 valence electrons. The van der Waals surface area contributed by atoms with Crippen LogP contribution in [-0.4, -0.2) is 15.2 Å². The van der Waals surface area contributed by atoms with Crippen LogP contribution < -0.4 is 5.73 Å². The van der Waals surface area contributed by atoms with Crippen molar-refractivity contribution in [2.75, 3.05) is 0 Å². The normalized spacial score (nSPS) is 12.7. The predicted molar refractivity (Wildman–Crippen MR) is 60.4 cm³/mol. The van der Waals surface area contributed by atoms with Gasteiger partial charge >= 0.3 is 0 Å². The topological polar surface area (TPSA) is 64.7 Å². The largest absolute Gasteiger partial charge is 0.322 e. The Bertz CT molecular complexity index is 426. The van der Waals surface area contributed by atoms with Crippen LogP contribution in [0.2, 0.25) is 0 Å². The van der Waals surface area contributed by atoms with E-state index >= 15 is 0 Å². The molecule has 0 aliphatic rings. The highest BCUT2D eigenvalue weighted by molar-refractivity contribution is 7.14. The molecule has 0 radical (unpaired) electrons. The minimum atomic E-state index is -0.00177. The van der Waals surface area contributed by atoms with Crippen molar-refractivity contribution in [3.63, 3.8) is 0 Å². The smallest absolute Gasteiger partial charge is 0.147 e. The van der Waals surface area contributed by atoms with Crippen LogP contribution in [0.25, 0.3) is 10.6 Å². The summed E-state index contributed by atoms with van der Waals surface area (Å²) >= 11 is 1.54. The van der Waals surface area contributed by atoms with E-state index in [-0.39, 0.29) is 6.04 Å². The summed E-state index contributed by atoms with van der Waals surface area (Å²) in [7, 11) is 0. The zero-order chi connectivity index (χ0) is 10.7. The van der Waals surface area contributed by atoms with E-state index in [0.717, 1.165) is 22.0 Å². The van der Waals surface area contributed by atoms with Crippen molar-refractivity contribution in [1.29, 1.82) is 0 Å². The van der Waals surface area contributed by atoms with Gasteiger partial charge in [0, 0.05) is 18.0 Å². The molecule has 0 saturated heterocycles. The minimum Gasteiger partial charge on any atom is -0.322 e. The average molecular weight is 220 g/mol. The molecule has 2 rings (SSSR count). The SMILES string of the molecule is CCC(N)c1nnc(-c2ccncc2)s1. The Kier molecular flexibility index (Phi) is 3.03. The zero-order valence-electron chi connectivity index (χ0n) is 8.42. The maximum Gasteiger partial charge on any atom is 0.147 e. The highest BCUT2D eigenvalue weighted by Gasteiger charge is 2.11. The molecule has 2 aromatic heterocycles. The number of aromatic nitrogens is 3. The highest BCUT2D eigenvalue weighted by atomic mass is 32.1. The van der Waals surface area contributed by atoms with E-state index in [2.05, 4.69) is 15.2 Å². The van der Waals surface area contributed by atoms with E-state index in [9.17, 15) is 0 Å². The second-order valence-corrected chi connectivity index (χ2v) is 4.21. The zero-order valence-corrected chi connectivity index (χ0v) is 9.24. The third-order valence-electron chi connectivity index (χ3n) is 2.12. The van der Waals surface area contributed by atoms with E-state index in [0.29, 0.717) is 0 Å². The third-order valence-corrected chi connectivity index (χ3v) is 3.23. The molecule has 1 unspecified atom stereocenters. The van der Waals surface area contributed by atoms with Gasteiger partial charge in [-0.2, -0.15) is 0 Å². The Hall–Kier alpha value is -1.33. The standard InChI is InChI=1S/C10H12N4S/c1-2-8(11)10-14-13-9(15-10)7-3-5-12-6-4-7/h3-6,8H,2,11H2,1H3. The first-order valence-corrected chi connectivity index (χ1v) is 5.62. The van der Waals surface area contributed by atoms with Crippen LogP contribution in [-0.2, 0) is 0 Å². The van der Waals surface area contributed by atoms with Crippen molar-refractivity contribution >= 4 is 11.3 Å². The molecule has 5 heteroatoms. The van der Waals surface area contributed by atoms with Gasteiger partial charge in [0.2, 0.25) is 0 Å². The van der Waals surface area contributed by atoms with Gasteiger partial charge in [0.25, 0.3) is 0 Å². The fourth-order valence-electron chi connectivity index (χ4n) is 1.17. The number of hydrogen-bond acceptors (Lipinski definition) is 5. The molecule has 0 saturated carbocycles. The molecular weight excluding hydrogens is 208 g/mol. The Balaban J connectivity index is 2.28. The molecule has 0 aliphatic heterocycles. The summed E-state index contributed by atoms with van der Waals surface area (Å²) in [5.74, 6) is 0. The Morgan fingerprint density at radius 2 is 2.07 bits per heavy atom. The molecule has 2 aromatic rings. The lowest BCUT2D eigenvalue weighted by Crippen LogP contribution is -2.07. The molecule has 0 aromatic carbocycles. The van der Waals surface area contributed by atoms with Crippen molar-refractivity contribution in [1.82, 2.24) is 15.2 Å². The Labute approximate surface area is 92.2 Å². The van der Waals surface area contributed by atoms with Crippen LogP contribution in [0.4, 0.5) is 0 Å². The van der Waals surface area contributed by atoms with Crippen LogP contribution in [0.15, 0.2) is 24.5 Å². The fraction of sp³-hybridized carbons (Fsp3) is 0.300. The van der Waals surface area contributed by atoms with E-state index in [4.69, 9.17) is 5.73 Å². The van der Waals surface area contributed by atoms with Gasteiger partial charge in [-0.05, 0) is 18.6 Å². The third kappa shape index (κ3) is 2.19. The quantitative estimate of drug-likeness (QED) is 0.859. The summed E-state index contributed by atoms with van der Waals surface area (Å²) in [5.41, 5.74) is 6.92. The lowest BCUT2D eigenvalue weighted by Gasteiger charge is -2.00. The summed E-state index contributed by atoms with van der Waals surface area (Å²) in [4.78, 5) is 3.96. The van der Waals surface area contributed by atoms with Crippen molar-refractivity contribution in [3.8, 4) is 10.6 Å². The summed E-state index contributed by atoms with van der Waals surface area (Å²) in [6.45, 7) is 2.04. The second kappa shape index (κ2) is 4.46. The predicted octanol–water partition coefficient (Wildman–Crippen LogP) is 2.01. The molecule has 0 aliphatic carbocycles. The molecule has 0 bridgehead atoms. The molecule has 0 amide bonds. The number of nitrogens with two attached hydrogens (primary N) is 1. The van der Waals surface area contributed by atoms with Crippen LogP contribution >= 0.6 is 11.3 Å². The molecule has 2 heterocycles. The summed E-state index contributed by atoms with van der Waals surface area (Å²) in [5, 5.41) is 9.99. The first-order valence-electron chi connectivity index (χ1n) is 4.80. The lowest BCUT2D eigenvalue weighted by atomic mass is 10.3. The monoisotopic (exact) mass is 220 g/mol. The number of rotatable bonds is 3. The molecular formula is C10H12N4S. The van der Waals surface area contributed by atoms with Gasteiger partial charge in [0.1, 0.15) is 10.0 Å². The van der Waals surface area contributed by atoms with Crippen LogP contribution in [0, 0.1) is 0 Å². The van der Waals surface area contributed by atoms with E-state index in [1.54, 1.807) is 23.7 Å². The maximum atomic E-state index is 5.88. The molecule has 15 heavy (non-hydrogen) atoms. The van der Waals surface area contributed by atoms with Gasteiger partial charge in [0.15, 0.2) is 0 Å². The van der Waals surface area contributed by atoms with Crippen molar-refractivity contribution < 1.29 is 0 Å². The summed E-state index contributed by atoms with van der Waals surface area (Å²) in [6, 6.07) is 3.84. The lowest BCUT2D eigenvalue weighted by molar-refractivity contribution is 0.683. The molecule has 4 nitrogen and oxygen atoms in total. The van der Waals surface area contributed by atoms with Crippen molar-refractivity contribution in [2.24, 2.45) is 5.73 Å². The molecule has 0 spiro atoms. The average Bonchev–Trinajstić information content (AvgIpc) is 2.78. The first-order chi connectivity index (χ1) is 7.31. The van der Waals surface area contributed by atoms with Gasteiger partial charge in [0.05, 0.1) is 6.04 Å². The molecule has 2 N–H and O–H groups in total. The summed E-state index contributed by atoms with van der Waals surface area (Å²) in [6.07, 6.45) is 4.37. The summed E-state index contributed by atoms with van der Waals surface area (Å²) < 4.78 is 0. The Morgan fingerprint density at radius 1 is 1.33 bits per heavy atom. The van der Waals surface area contributed by atoms with Gasteiger partial charge < -0.3 is 5.73 Å². The highest BCUT2D eigenvalue weighted by Crippen LogP contribution is 2.26.